The van der Waals surface area contributed by atoms with Crippen molar-refractivity contribution in [3.8, 4) is 5.75 Å². The van der Waals surface area contributed by atoms with Crippen molar-refractivity contribution in [1.29, 1.82) is 0 Å². The van der Waals surface area contributed by atoms with Crippen LogP contribution in [0, 0.1) is 6.92 Å². The zero-order chi connectivity index (χ0) is 13.2. The van der Waals surface area contributed by atoms with Crippen LogP contribution in [-0.2, 0) is 4.74 Å². The van der Waals surface area contributed by atoms with E-state index in [2.05, 4.69) is 0 Å². The minimum Gasteiger partial charge on any atom is -0.497 e. The summed E-state index contributed by atoms with van der Waals surface area (Å²) in [5, 5.41) is 0. The highest BCUT2D eigenvalue weighted by Gasteiger charge is 2.37. The number of Topliss-reactive ketones (excluding diaryl/α,β-unsaturated/α-hetero) is 1. The van der Waals surface area contributed by atoms with Gasteiger partial charge < -0.3 is 9.47 Å². The fourth-order valence-electron chi connectivity index (χ4n) is 2.42. The molecule has 1 heterocycles. The first kappa shape index (κ1) is 13.1. The smallest absolute Gasteiger partial charge is 0.194 e. The van der Waals surface area contributed by atoms with E-state index in [-0.39, 0.29) is 5.78 Å². The molecule has 0 amide bonds. The quantitative estimate of drug-likeness (QED) is 0.771. The largest absolute Gasteiger partial charge is 0.497 e. The number of ether oxygens (including phenoxy) is 2. The fraction of sp³-hybridized carbons (Fsp3) is 0.533. The van der Waals surface area contributed by atoms with Gasteiger partial charge in [-0.1, -0.05) is 0 Å². The number of methoxy groups -OCH3 is 1. The number of ketones is 1. The van der Waals surface area contributed by atoms with Crippen LogP contribution in [0.5, 0.6) is 5.75 Å². The molecule has 1 aromatic rings. The van der Waals surface area contributed by atoms with Gasteiger partial charge in [-0.2, -0.15) is 0 Å². The molecule has 1 aromatic carbocycles. The maximum absolute atomic E-state index is 12.6. The lowest BCUT2D eigenvalue weighted by Crippen LogP contribution is -2.41. The van der Waals surface area contributed by atoms with Crippen LogP contribution in [0.3, 0.4) is 0 Å². The lowest BCUT2D eigenvalue weighted by Gasteiger charge is -2.32. The van der Waals surface area contributed by atoms with E-state index in [1.807, 2.05) is 32.0 Å². The third-order valence-corrected chi connectivity index (χ3v) is 3.63. The molecule has 0 N–H and O–H groups in total. The molecule has 0 saturated carbocycles. The van der Waals surface area contributed by atoms with Crippen LogP contribution in [0.2, 0.25) is 0 Å². The lowest BCUT2D eigenvalue weighted by molar-refractivity contribution is -0.0426. The predicted molar refractivity (Wildman–Crippen MR) is 70.3 cm³/mol. The van der Waals surface area contributed by atoms with Crippen molar-refractivity contribution in [1.82, 2.24) is 0 Å². The fourth-order valence-corrected chi connectivity index (χ4v) is 2.42. The van der Waals surface area contributed by atoms with Crippen molar-refractivity contribution in [3.63, 3.8) is 0 Å². The second kappa shape index (κ2) is 5.11. The summed E-state index contributed by atoms with van der Waals surface area (Å²) in [5.74, 6) is 0.862. The summed E-state index contributed by atoms with van der Waals surface area (Å²) in [5.41, 5.74) is 1.02. The molecule has 0 aliphatic carbocycles. The first-order chi connectivity index (χ1) is 8.57. The van der Waals surface area contributed by atoms with Crippen molar-refractivity contribution in [2.24, 2.45) is 0 Å². The first-order valence-corrected chi connectivity index (χ1v) is 6.40. The molecular weight excluding hydrogens is 228 g/mol. The molecule has 0 bridgehead atoms. The van der Waals surface area contributed by atoms with Gasteiger partial charge in [-0.25, -0.2) is 0 Å². The molecule has 18 heavy (non-hydrogen) atoms. The predicted octanol–water partition coefficient (Wildman–Crippen LogP) is 3.15. The summed E-state index contributed by atoms with van der Waals surface area (Å²) >= 11 is 0. The van der Waals surface area contributed by atoms with E-state index >= 15 is 0 Å². The number of aryl methyl sites for hydroxylation is 1. The lowest BCUT2D eigenvalue weighted by atomic mass is 9.86. The highest BCUT2D eigenvalue weighted by Crippen LogP contribution is 2.30. The molecule has 0 radical (unpaired) electrons. The summed E-state index contributed by atoms with van der Waals surface area (Å²) in [7, 11) is 1.63. The molecule has 3 nitrogen and oxygen atoms in total. The minimum absolute atomic E-state index is 0.0855. The maximum Gasteiger partial charge on any atom is 0.194 e. The van der Waals surface area contributed by atoms with Crippen LogP contribution in [0.1, 0.15) is 42.1 Å². The molecule has 0 aromatic heterocycles. The van der Waals surface area contributed by atoms with Gasteiger partial charge in [-0.3, -0.25) is 4.79 Å². The number of hydrogen-bond donors (Lipinski definition) is 0. The molecule has 1 aliphatic rings. The Bertz CT molecular complexity index is 445. The van der Waals surface area contributed by atoms with Gasteiger partial charge in [0.15, 0.2) is 5.78 Å². The minimum atomic E-state index is -0.655. The molecule has 1 atom stereocenters. The van der Waals surface area contributed by atoms with Gasteiger partial charge in [0.25, 0.3) is 0 Å². The van der Waals surface area contributed by atoms with Crippen LogP contribution >= 0.6 is 0 Å². The Morgan fingerprint density at radius 1 is 1.39 bits per heavy atom. The Kier molecular flexibility index (Phi) is 3.71. The average Bonchev–Trinajstić information content (AvgIpc) is 2.38. The summed E-state index contributed by atoms with van der Waals surface area (Å²) in [4.78, 5) is 12.6. The van der Waals surface area contributed by atoms with Crippen LogP contribution in [0.15, 0.2) is 18.2 Å². The Morgan fingerprint density at radius 3 is 2.72 bits per heavy atom. The number of benzene rings is 1. The molecule has 1 saturated heterocycles. The van der Waals surface area contributed by atoms with Crippen molar-refractivity contribution < 1.29 is 14.3 Å². The summed E-state index contributed by atoms with van der Waals surface area (Å²) in [6, 6.07) is 5.55. The third kappa shape index (κ3) is 2.41. The van der Waals surface area contributed by atoms with Crippen LogP contribution < -0.4 is 4.74 Å². The van der Waals surface area contributed by atoms with E-state index in [9.17, 15) is 4.79 Å². The summed E-state index contributed by atoms with van der Waals surface area (Å²) in [6.07, 6.45) is 2.90. The van der Waals surface area contributed by atoms with E-state index in [0.717, 1.165) is 36.1 Å². The van der Waals surface area contributed by atoms with Gasteiger partial charge in [0.2, 0.25) is 0 Å². The van der Waals surface area contributed by atoms with Gasteiger partial charge >= 0.3 is 0 Å². The number of rotatable bonds is 3. The Balaban J connectivity index is 2.28. The van der Waals surface area contributed by atoms with Gasteiger partial charge in [0, 0.05) is 12.2 Å². The molecule has 2 rings (SSSR count). The van der Waals surface area contributed by atoms with Crippen molar-refractivity contribution in [2.75, 3.05) is 13.7 Å². The van der Waals surface area contributed by atoms with E-state index in [1.54, 1.807) is 7.11 Å². The normalized spacial score (nSPS) is 23.7. The standard InChI is InChI=1S/C15H20O3/c1-11-10-12(17-3)6-7-13(11)14(16)15(2)8-4-5-9-18-15/h6-7,10H,4-5,8-9H2,1-3H3. The molecule has 0 spiro atoms. The molecule has 1 fully saturated rings. The number of hydrogen-bond acceptors (Lipinski definition) is 3. The second-order valence-corrected chi connectivity index (χ2v) is 5.05. The van der Waals surface area contributed by atoms with Gasteiger partial charge in [-0.05, 0) is 56.9 Å². The van der Waals surface area contributed by atoms with Gasteiger partial charge in [0.1, 0.15) is 11.4 Å². The molecule has 1 aliphatic heterocycles. The van der Waals surface area contributed by atoms with Gasteiger partial charge in [-0.15, -0.1) is 0 Å². The molecule has 1 unspecified atom stereocenters. The summed E-state index contributed by atoms with van der Waals surface area (Å²) < 4.78 is 10.9. The van der Waals surface area contributed by atoms with Crippen LogP contribution in [0.4, 0.5) is 0 Å². The number of carbonyl (C=O) groups is 1. The SMILES string of the molecule is COc1ccc(C(=O)C2(C)CCCCO2)c(C)c1. The van der Waals surface area contributed by atoms with Crippen LogP contribution in [0.25, 0.3) is 0 Å². The van der Waals surface area contributed by atoms with Crippen molar-refractivity contribution >= 4 is 5.78 Å². The van der Waals surface area contributed by atoms with Crippen molar-refractivity contribution in [2.45, 2.75) is 38.7 Å². The third-order valence-electron chi connectivity index (χ3n) is 3.63. The molecule has 3 heteroatoms. The topological polar surface area (TPSA) is 35.5 Å². The highest BCUT2D eigenvalue weighted by atomic mass is 16.5. The van der Waals surface area contributed by atoms with E-state index in [4.69, 9.17) is 9.47 Å². The average molecular weight is 248 g/mol. The monoisotopic (exact) mass is 248 g/mol. The molecular formula is C15H20O3. The van der Waals surface area contributed by atoms with Gasteiger partial charge in [0.05, 0.1) is 7.11 Å². The zero-order valence-corrected chi connectivity index (χ0v) is 11.3. The maximum atomic E-state index is 12.6. The van der Waals surface area contributed by atoms with Crippen molar-refractivity contribution in [3.05, 3.63) is 29.3 Å². The Labute approximate surface area is 108 Å². The second-order valence-electron chi connectivity index (χ2n) is 5.05. The van der Waals surface area contributed by atoms with Crippen LogP contribution in [-0.4, -0.2) is 25.1 Å². The Morgan fingerprint density at radius 2 is 2.17 bits per heavy atom. The number of carbonyl (C=O) groups excluding carboxylic acids is 1. The summed E-state index contributed by atoms with van der Waals surface area (Å²) in [6.45, 7) is 4.51. The van der Waals surface area contributed by atoms with E-state index in [0.29, 0.717) is 6.61 Å². The zero-order valence-electron chi connectivity index (χ0n) is 11.3. The van der Waals surface area contributed by atoms with E-state index < -0.39 is 5.60 Å². The van der Waals surface area contributed by atoms with E-state index in [1.165, 1.54) is 0 Å². The Hall–Kier alpha value is -1.35. The highest BCUT2D eigenvalue weighted by molar-refractivity contribution is 6.03. The molecule has 98 valence electrons. The first-order valence-electron chi connectivity index (χ1n) is 6.40.